The zero-order chi connectivity index (χ0) is 14.8. The Morgan fingerprint density at radius 3 is 3.00 bits per heavy atom. The van der Waals surface area contributed by atoms with E-state index in [4.69, 9.17) is 0 Å². The van der Waals surface area contributed by atoms with Crippen LogP contribution in [0.5, 0.6) is 0 Å². The largest absolute Gasteiger partial charge is 0.314 e. The summed E-state index contributed by atoms with van der Waals surface area (Å²) in [6.07, 6.45) is 3.29. The first-order valence-corrected chi connectivity index (χ1v) is 9.06. The summed E-state index contributed by atoms with van der Waals surface area (Å²) in [5.41, 5.74) is 3.77. The zero-order valence-corrected chi connectivity index (χ0v) is 13.6. The first-order valence-electron chi connectivity index (χ1n) is 8.12. The monoisotopic (exact) mass is 317 g/mol. The number of piperazine rings is 1. The van der Waals surface area contributed by atoms with E-state index in [1.165, 1.54) is 49.4 Å². The van der Waals surface area contributed by atoms with Crippen LogP contribution in [0.15, 0.2) is 23.0 Å². The van der Waals surface area contributed by atoms with Gasteiger partial charge in [-0.3, -0.25) is 14.9 Å². The van der Waals surface area contributed by atoms with Gasteiger partial charge in [0.15, 0.2) is 0 Å². The summed E-state index contributed by atoms with van der Waals surface area (Å²) in [6.45, 7) is 8.07. The van der Waals surface area contributed by atoms with Gasteiger partial charge in [0, 0.05) is 68.4 Å². The number of hydrogen-bond acceptors (Lipinski definition) is 5. The number of rotatable bonds is 4. The van der Waals surface area contributed by atoms with E-state index in [1.807, 2.05) is 6.20 Å². The van der Waals surface area contributed by atoms with Gasteiger partial charge in [0.1, 0.15) is 0 Å². The minimum absolute atomic E-state index is 0.735. The molecule has 2 aromatic rings. The van der Waals surface area contributed by atoms with Crippen molar-refractivity contribution in [2.24, 2.45) is 0 Å². The smallest absolute Gasteiger partial charge is 0.0703 e. The Labute approximate surface area is 135 Å². The summed E-state index contributed by atoms with van der Waals surface area (Å²) < 4.78 is 0. The lowest BCUT2D eigenvalue weighted by molar-refractivity contribution is 0.170. The van der Waals surface area contributed by atoms with E-state index in [1.54, 1.807) is 11.3 Å². The highest BCUT2D eigenvalue weighted by molar-refractivity contribution is 7.08. The van der Waals surface area contributed by atoms with Crippen LogP contribution in [0.3, 0.4) is 0 Å². The van der Waals surface area contributed by atoms with Gasteiger partial charge < -0.3 is 5.32 Å². The summed E-state index contributed by atoms with van der Waals surface area (Å²) in [7, 11) is 0. The predicted octanol–water partition coefficient (Wildman–Crippen LogP) is 1.62. The van der Waals surface area contributed by atoms with E-state index >= 15 is 0 Å². The minimum atomic E-state index is 0.735. The molecule has 6 heteroatoms. The van der Waals surface area contributed by atoms with Gasteiger partial charge in [0.05, 0.1) is 11.9 Å². The van der Waals surface area contributed by atoms with Crippen LogP contribution in [-0.2, 0) is 6.54 Å². The molecule has 2 aromatic heterocycles. The van der Waals surface area contributed by atoms with Crippen LogP contribution in [0, 0.1) is 0 Å². The van der Waals surface area contributed by atoms with Gasteiger partial charge in [-0.15, -0.1) is 0 Å². The predicted molar refractivity (Wildman–Crippen MR) is 90.0 cm³/mol. The molecule has 2 aliphatic heterocycles. The van der Waals surface area contributed by atoms with Crippen molar-refractivity contribution in [1.82, 2.24) is 25.3 Å². The van der Waals surface area contributed by atoms with Crippen molar-refractivity contribution in [3.05, 3.63) is 28.6 Å². The van der Waals surface area contributed by atoms with Crippen molar-refractivity contribution in [3.8, 4) is 11.3 Å². The Morgan fingerprint density at radius 1 is 1.27 bits per heavy atom. The number of nitrogens with one attached hydrogen (secondary N) is 2. The first-order chi connectivity index (χ1) is 10.9. The van der Waals surface area contributed by atoms with Gasteiger partial charge in [-0.25, -0.2) is 0 Å². The topological polar surface area (TPSA) is 47.2 Å². The fourth-order valence-corrected chi connectivity index (χ4v) is 4.28. The molecular weight excluding hydrogens is 294 g/mol. The van der Waals surface area contributed by atoms with E-state index in [0.717, 1.165) is 25.7 Å². The molecule has 0 amide bonds. The lowest BCUT2D eigenvalue weighted by atomic mass is 10.1. The Bertz CT molecular complexity index is 587. The van der Waals surface area contributed by atoms with E-state index < -0.39 is 0 Å². The van der Waals surface area contributed by atoms with E-state index in [2.05, 4.69) is 42.1 Å². The molecule has 0 aromatic carbocycles. The molecule has 0 spiro atoms. The Hall–Kier alpha value is -1.21. The Balaban J connectivity index is 1.40. The SMILES string of the molecule is c1cc(-c2[nH]ncc2CN2CCC(N3CCNCC3)C2)cs1. The number of H-pyrrole nitrogens is 1. The van der Waals surface area contributed by atoms with Crippen LogP contribution in [0.4, 0.5) is 0 Å². The number of aromatic amines is 1. The molecule has 0 radical (unpaired) electrons. The number of thiophene rings is 1. The molecule has 1 unspecified atom stereocenters. The maximum atomic E-state index is 4.26. The first kappa shape index (κ1) is 14.4. The molecule has 118 valence electrons. The van der Waals surface area contributed by atoms with Crippen LogP contribution in [0.2, 0.25) is 0 Å². The number of aromatic nitrogens is 2. The van der Waals surface area contributed by atoms with Gasteiger partial charge in [0.2, 0.25) is 0 Å². The summed E-state index contributed by atoms with van der Waals surface area (Å²) >= 11 is 1.73. The molecule has 2 saturated heterocycles. The number of hydrogen-bond donors (Lipinski definition) is 2. The molecule has 22 heavy (non-hydrogen) atoms. The third-order valence-corrected chi connectivity index (χ3v) is 5.52. The Kier molecular flexibility index (Phi) is 4.25. The third kappa shape index (κ3) is 2.96. The van der Waals surface area contributed by atoms with Gasteiger partial charge in [-0.2, -0.15) is 16.4 Å². The average Bonchev–Trinajstić information content (AvgIpc) is 3.30. The van der Waals surface area contributed by atoms with Crippen molar-refractivity contribution in [3.63, 3.8) is 0 Å². The van der Waals surface area contributed by atoms with Crippen molar-refractivity contribution in [2.75, 3.05) is 39.3 Å². The van der Waals surface area contributed by atoms with E-state index in [0.29, 0.717) is 0 Å². The van der Waals surface area contributed by atoms with Crippen LogP contribution >= 0.6 is 11.3 Å². The summed E-state index contributed by atoms with van der Waals surface area (Å²) in [5.74, 6) is 0. The standard InChI is InChI=1S/C16H23N5S/c1-5-20(11-15(1)21-6-3-17-4-7-21)10-14-9-18-19-16(14)13-2-8-22-12-13/h2,8-9,12,15,17H,1,3-7,10-11H2,(H,18,19). The van der Waals surface area contributed by atoms with Crippen molar-refractivity contribution in [1.29, 1.82) is 0 Å². The second kappa shape index (κ2) is 6.50. The van der Waals surface area contributed by atoms with Crippen molar-refractivity contribution >= 4 is 11.3 Å². The van der Waals surface area contributed by atoms with E-state index in [-0.39, 0.29) is 0 Å². The normalized spacial score (nSPS) is 24.1. The van der Waals surface area contributed by atoms with Gasteiger partial charge in [-0.05, 0) is 17.9 Å². The quantitative estimate of drug-likeness (QED) is 0.899. The molecule has 2 N–H and O–H groups in total. The van der Waals surface area contributed by atoms with Crippen molar-refractivity contribution in [2.45, 2.75) is 19.0 Å². The molecule has 0 bridgehead atoms. The molecule has 0 saturated carbocycles. The van der Waals surface area contributed by atoms with Gasteiger partial charge >= 0.3 is 0 Å². The summed E-state index contributed by atoms with van der Waals surface area (Å²) in [4.78, 5) is 5.24. The fraction of sp³-hybridized carbons (Fsp3) is 0.562. The van der Waals surface area contributed by atoms with Crippen LogP contribution in [0.25, 0.3) is 11.3 Å². The molecule has 4 rings (SSSR count). The van der Waals surface area contributed by atoms with Crippen LogP contribution in [0.1, 0.15) is 12.0 Å². The lowest BCUT2D eigenvalue weighted by Gasteiger charge is -2.32. The molecule has 4 heterocycles. The molecule has 2 aliphatic rings. The molecular formula is C16H23N5S. The van der Waals surface area contributed by atoms with Crippen LogP contribution < -0.4 is 5.32 Å². The van der Waals surface area contributed by atoms with Gasteiger partial charge in [-0.1, -0.05) is 0 Å². The second-order valence-corrected chi connectivity index (χ2v) is 7.03. The molecule has 2 fully saturated rings. The summed E-state index contributed by atoms with van der Waals surface area (Å²) in [6, 6.07) is 2.90. The maximum absolute atomic E-state index is 4.26. The molecule has 1 atom stereocenters. The second-order valence-electron chi connectivity index (χ2n) is 6.25. The van der Waals surface area contributed by atoms with Gasteiger partial charge in [0.25, 0.3) is 0 Å². The molecule has 0 aliphatic carbocycles. The highest BCUT2D eigenvalue weighted by Crippen LogP contribution is 2.26. The Morgan fingerprint density at radius 2 is 2.18 bits per heavy atom. The number of likely N-dealkylation sites (tertiary alicyclic amines) is 1. The fourth-order valence-electron chi connectivity index (χ4n) is 3.63. The average molecular weight is 317 g/mol. The highest BCUT2D eigenvalue weighted by atomic mass is 32.1. The molecule has 5 nitrogen and oxygen atoms in total. The minimum Gasteiger partial charge on any atom is -0.314 e. The maximum Gasteiger partial charge on any atom is 0.0703 e. The summed E-state index contributed by atoms with van der Waals surface area (Å²) in [5, 5.41) is 15.2. The van der Waals surface area contributed by atoms with E-state index in [9.17, 15) is 0 Å². The van der Waals surface area contributed by atoms with Crippen molar-refractivity contribution < 1.29 is 0 Å². The lowest BCUT2D eigenvalue weighted by Crippen LogP contribution is -2.49. The van der Waals surface area contributed by atoms with Crippen LogP contribution in [-0.4, -0.2) is 65.3 Å². The highest BCUT2D eigenvalue weighted by Gasteiger charge is 2.28. The zero-order valence-electron chi connectivity index (χ0n) is 12.8. The third-order valence-electron chi connectivity index (χ3n) is 4.84. The number of nitrogens with zero attached hydrogens (tertiary/aromatic N) is 3.